The molecule has 0 saturated heterocycles. The van der Waals surface area contributed by atoms with Gasteiger partial charge in [-0.3, -0.25) is 0 Å². The monoisotopic (exact) mass is 201 g/mol. The Hall–Kier alpha value is -1.41. The van der Waals surface area contributed by atoms with Crippen molar-refractivity contribution in [2.45, 2.75) is 9.92 Å². The maximum absolute atomic E-state index is 3.72. The zero-order chi connectivity index (χ0) is 9.80. The summed E-state index contributed by atoms with van der Waals surface area (Å²) in [6, 6.07) is 12.4. The fourth-order valence-electron chi connectivity index (χ4n) is 1.18. The predicted octanol–water partition coefficient (Wildman–Crippen LogP) is 3.81. The summed E-state index contributed by atoms with van der Waals surface area (Å²) in [6.07, 6.45) is 3.78. The van der Waals surface area contributed by atoms with Crippen LogP contribution >= 0.6 is 11.8 Å². The molecule has 1 nitrogen and oxygen atoms in total. The van der Waals surface area contributed by atoms with Gasteiger partial charge in [-0.1, -0.05) is 36.5 Å². The summed E-state index contributed by atoms with van der Waals surface area (Å²) in [7, 11) is 0. The zero-order valence-electron chi connectivity index (χ0n) is 7.73. The Balaban J connectivity index is 2.14. The lowest BCUT2D eigenvalue weighted by molar-refractivity contribution is 1.20. The van der Waals surface area contributed by atoms with Gasteiger partial charge in [0.1, 0.15) is 0 Å². The van der Waals surface area contributed by atoms with Crippen LogP contribution < -0.4 is 0 Å². The molecule has 1 heterocycles. The van der Waals surface area contributed by atoms with Crippen molar-refractivity contribution < 1.29 is 0 Å². The smallest absolute Gasteiger partial charge is 0.0769 e. The molecule has 0 saturated carbocycles. The molecule has 0 unspecified atom stereocenters. The average molecular weight is 201 g/mol. The van der Waals surface area contributed by atoms with Crippen LogP contribution in [0.2, 0.25) is 0 Å². The molecule has 0 aliphatic rings. The van der Waals surface area contributed by atoms with E-state index in [0.717, 1.165) is 10.6 Å². The number of H-pyrrole nitrogens is 1. The Bertz CT molecular complexity index is 400. The highest BCUT2D eigenvalue weighted by molar-refractivity contribution is 7.99. The van der Waals surface area contributed by atoms with E-state index in [4.69, 9.17) is 0 Å². The van der Waals surface area contributed by atoms with E-state index in [1.807, 2.05) is 18.3 Å². The van der Waals surface area contributed by atoms with Crippen molar-refractivity contribution in [1.82, 2.24) is 4.98 Å². The molecule has 0 aliphatic heterocycles. The normalized spacial score (nSPS) is 10.0. The molecule has 2 aromatic rings. The highest BCUT2D eigenvalue weighted by atomic mass is 32.2. The zero-order valence-corrected chi connectivity index (χ0v) is 8.55. The van der Waals surface area contributed by atoms with Gasteiger partial charge in [0, 0.05) is 11.1 Å². The van der Waals surface area contributed by atoms with E-state index in [2.05, 4.69) is 41.9 Å². The minimum Gasteiger partial charge on any atom is -0.356 e. The fraction of sp³-hybridized carbons (Fsp3) is 0. The molecule has 0 atom stereocenters. The summed E-state index contributed by atoms with van der Waals surface area (Å²) in [5.74, 6) is 0. The molecule has 0 spiro atoms. The van der Waals surface area contributed by atoms with Crippen LogP contribution in [0.15, 0.2) is 59.1 Å². The van der Waals surface area contributed by atoms with E-state index in [9.17, 15) is 0 Å². The van der Waals surface area contributed by atoms with Crippen molar-refractivity contribution in [3.8, 4) is 0 Å². The SMILES string of the molecule is C=Cc1ccc(Sc2ccc[nH]2)cc1. The summed E-state index contributed by atoms with van der Waals surface area (Å²) < 4.78 is 0. The van der Waals surface area contributed by atoms with Gasteiger partial charge in [0.25, 0.3) is 0 Å². The van der Waals surface area contributed by atoms with Gasteiger partial charge in [0.05, 0.1) is 5.03 Å². The van der Waals surface area contributed by atoms with Crippen LogP contribution in [0.1, 0.15) is 5.56 Å². The van der Waals surface area contributed by atoms with Crippen LogP contribution in [0.25, 0.3) is 6.08 Å². The molecular formula is C12H11NS. The molecular weight excluding hydrogens is 190 g/mol. The first-order valence-corrected chi connectivity index (χ1v) is 5.24. The van der Waals surface area contributed by atoms with Crippen molar-refractivity contribution in [2.75, 3.05) is 0 Å². The third kappa shape index (κ3) is 2.09. The summed E-state index contributed by atoms with van der Waals surface area (Å²) in [5.41, 5.74) is 1.15. The third-order valence-corrected chi connectivity index (χ3v) is 2.89. The molecule has 2 heteroatoms. The molecule has 0 fully saturated rings. The molecule has 1 aromatic carbocycles. The maximum atomic E-state index is 3.72. The average Bonchev–Trinajstić information content (AvgIpc) is 2.72. The molecule has 2 rings (SSSR count). The number of rotatable bonds is 3. The largest absolute Gasteiger partial charge is 0.356 e. The van der Waals surface area contributed by atoms with Crippen molar-refractivity contribution in [1.29, 1.82) is 0 Å². The van der Waals surface area contributed by atoms with Gasteiger partial charge < -0.3 is 4.98 Å². The Morgan fingerprint density at radius 3 is 2.50 bits per heavy atom. The van der Waals surface area contributed by atoms with Crippen molar-refractivity contribution >= 4 is 17.8 Å². The lowest BCUT2D eigenvalue weighted by Crippen LogP contribution is -1.74. The van der Waals surface area contributed by atoms with Crippen LogP contribution in [-0.4, -0.2) is 4.98 Å². The topological polar surface area (TPSA) is 15.8 Å². The summed E-state index contributed by atoms with van der Waals surface area (Å²) in [5, 5.41) is 1.16. The molecule has 0 aliphatic carbocycles. The molecule has 0 amide bonds. The van der Waals surface area contributed by atoms with Crippen LogP contribution in [0.3, 0.4) is 0 Å². The van der Waals surface area contributed by atoms with Gasteiger partial charge >= 0.3 is 0 Å². The van der Waals surface area contributed by atoms with Gasteiger partial charge in [-0.2, -0.15) is 0 Å². The second-order valence-corrected chi connectivity index (χ2v) is 4.02. The number of hydrogen-bond acceptors (Lipinski definition) is 1. The first kappa shape index (κ1) is 9.16. The summed E-state index contributed by atoms with van der Waals surface area (Å²) in [6.45, 7) is 3.72. The molecule has 70 valence electrons. The molecule has 14 heavy (non-hydrogen) atoms. The first-order chi connectivity index (χ1) is 6.88. The van der Waals surface area contributed by atoms with Crippen molar-refractivity contribution in [3.05, 3.63) is 54.7 Å². The van der Waals surface area contributed by atoms with Crippen LogP contribution in [-0.2, 0) is 0 Å². The Kier molecular flexibility index (Phi) is 2.75. The molecule has 0 bridgehead atoms. The molecule has 0 radical (unpaired) electrons. The predicted molar refractivity (Wildman–Crippen MR) is 61.4 cm³/mol. The molecule has 1 aromatic heterocycles. The highest BCUT2D eigenvalue weighted by Gasteiger charge is 1.96. The van der Waals surface area contributed by atoms with Crippen molar-refractivity contribution in [2.24, 2.45) is 0 Å². The van der Waals surface area contributed by atoms with Crippen LogP contribution in [0.4, 0.5) is 0 Å². The van der Waals surface area contributed by atoms with Gasteiger partial charge in [-0.15, -0.1) is 0 Å². The van der Waals surface area contributed by atoms with Crippen LogP contribution in [0, 0.1) is 0 Å². The van der Waals surface area contributed by atoms with Gasteiger partial charge in [0.15, 0.2) is 0 Å². The lowest BCUT2D eigenvalue weighted by atomic mass is 10.2. The Morgan fingerprint density at radius 1 is 1.14 bits per heavy atom. The number of hydrogen-bond donors (Lipinski definition) is 1. The fourth-order valence-corrected chi connectivity index (χ4v) is 1.98. The van der Waals surface area contributed by atoms with E-state index >= 15 is 0 Å². The first-order valence-electron chi connectivity index (χ1n) is 4.42. The number of aromatic amines is 1. The van der Waals surface area contributed by atoms with Gasteiger partial charge in [0.2, 0.25) is 0 Å². The quantitative estimate of drug-likeness (QED) is 0.798. The summed E-state index contributed by atoms with van der Waals surface area (Å²) in [4.78, 5) is 4.39. The van der Waals surface area contributed by atoms with Gasteiger partial charge in [-0.25, -0.2) is 0 Å². The number of aromatic nitrogens is 1. The summed E-state index contributed by atoms with van der Waals surface area (Å²) >= 11 is 1.72. The highest BCUT2D eigenvalue weighted by Crippen LogP contribution is 2.25. The second-order valence-electron chi connectivity index (χ2n) is 2.91. The van der Waals surface area contributed by atoms with Crippen LogP contribution in [0.5, 0.6) is 0 Å². The number of nitrogens with one attached hydrogen (secondary N) is 1. The third-order valence-electron chi connectivity index (χ3n) is 1.91. The minimum absolute atomic E-state index is 1.15. The second kappa shape index (κ2) is 4.20. The van der Waals surface area contributed by atoms with E-state index < -0.39 is 0 Å². The standard InChI is InChI=1S/C12H11NS/c1-2-10-5-7-11(8-6-10)14-12-4-3-9-13-12/h2-9,13H,1H2. The lowest BCUT2D eigenvalue weighted by Gasteiger charge is -1.99. The van der Waals surface area contributed by atoms with Crippen molar-refractivity contribution in [3.63, 3.8) is 0 Å². The van der Waals surface area contributed by atoms with E-state index in [1.165, 1.54) is 4.90 Å². The van der Waals surface area contributed by atoms with E-state index in [0.29, 0.717) is 0 Å². The Morgan fingerprint density at radius 2 is 1.93 bits per heavy atom. The molecule has 1 N–H and O–H groups in total. The maximum Gasteiger partial charge on any atom is 0.0769 e. The van der Waals surface area contributed by atoms with E-state index in [1.54, 1.807) is 11.8 Å². The Labute approximate surface area is 87.9 Å². The van der Waals surface area contributed by atoms with Gasteiger partial charge in [-0.05, 0) is 29.8 Å². The van der Waals surface area contributed by atoms with E-state index in [-0.39, 0.29) is 0 Å². The minimum atomic E-state index is 1.15. The number of benzene rings is 1.